The predicted octanol–water partition coefficient (Wildman–Crippen LogP) is 3.65. The van der Waals surface area contributed by atoms with E-state index in [2.05, 4.69) is 52.1 Å². The van der Waals surface area contributed by atoms with Crippen molar-refractivity contribution in [3.63, 3.8) is 0 Å². The lowest BCUT2D eigenvalue weighted by atomic mass is 9.72. The summed E-state index contributed by atoms with van der Waals surface area (Å²) < 4.78 is 0. The lowest BCUT2D eigenvalue weighted by Crippen LogP contribution is -2.25. The summed E-state index contributed by atoms with van der Waals surface area (Å²) in [6.45, 7) is 11.2. The number of benzene rings is 1. The van der Waals surface area contributed by atoms with Crippen LogP contribution in [0.4, 0.5) is 0 Å². The largest absolute Gasteiger partial charge is 0.325 e. The van der Waals surface area contributed by atoms with Gasteiger partial charge in [0.25, 0.3) is 0 Å². The Balaban J connectivity index is 2.40. The molecule has 0 aromatic heterocycles. The van der Waals surface area contributed by atoms with E-state index in [-0.39, 0.29) is 10.8 Å². The molecule has 0 saturated carbocycles. The third kappa shape index (κ3) is 2.70. The molecule has 0 fully saturated rings. The van der Waals surface area contributed by atoms with Gasteiger partial charge in [-0.15, -0.1) is 0 Å². The Labute approximate surface area is 115 Å². The Bertz CT molecular complexity index is 548. The summed E-state index contributed by atoms with van der Waals surface area (Å²) in [5.41, 5.74) is 3.26. The fraction of sp³-hybridized carbons (Fsp3) is 0.500. The molecule has 2 rings (SSSR count). The van der Waals surface area contributed by atoms with E-state index in [9.17, 15) is 0 Å². The van der Waals surface area contributed by atoms with Gasteiger partial charge in [-0.25, -0.2) is 0 Å². The molecule has 19 heavy (non-hydrogen) atoms. The maximum atomic E-state index is 7.89. The molecule has 1 aliphatic heterocycles. The first-order valence-corrected chi connectivity index (χ1v) is 6.70. The van der Waals surface area contributed by atoms with E-state index in [0.717, 1.165) is 17.5 Å². The Morgan fingerprint density at radius 2 is 1.53 bits per heavy atom. The molecule has 102 valence electrons. The first kappa shape index (κ1) is 13.8. The van der Waals surface area contributed by atoms with Crippen molar-refractivity contribution in [3.05, 3.63) is 34.9 Å². The highest BCUT2D eigenvalue weighted by molar-refractivity contribution is 6.23. The maximum absolute atomic E-state index is 7.89. The molecule has 0 bridgehead atoms. The number of hydrogen-bond donors (Lipinski definition) is 3. The van der Waals surface area contributed by atoms with Crippen molar-refractivity contribution in [1.29, 1.82) is 10.8 Å². The van der Waals surface area contributed by atoms with Crippen LogP contribution in [0.5, 0.6) is 0 Å². The summed E-state index contributed by atoms with van der Waals surface area (Å²) in [4.78, 5) is 0. The van der Waals surface area contributed by atoms with Gasteiger partial charge in [0.05, 0.1) is 0 Å². The summed E-state index contributed by atoms with van der Waals surface area (Å²) in [6, 6.07) is 6.13. The van der Waals surface area contributed by atoms with Gasteiger partial charge in [-0.2, -0.15) is 0 Å². The van der Waals surface area contributed by atoms with Crippen LogP contribution in [0, 0.1) is 16.2 Å². The molecule has 1 aromatic carbocycles. The van der Waals surface area contributed by atoms with E-state index in [1.165, 1.54) is 5.56 Å². The minimum atomic E-state index is 0.0678. The van der Waals surface area contributed by atoms with Crippen LogP contribution in [0.15, 0.2) is 18.2 Å². The smallest absolute Gasteiger partial charge is 0.131 e. The van der Waals surface area contributed by atoms with Crippen molar-refractivity contribution in [2.45, 2.75) is 46.5 Å². The zero-order valence-electron chi connectivity index (χ0n) is 12.4. The van der Waals surface area contributed by atoms with E-state index in [0.29, 0.717) is 11.7 Å². The topological polar surface area (TPSA) is 59.7 Å². The van der Waals surface area contributed by atoms with Gasteiger partial charge in [-0.3, -0.25) is 10.8 Å². The summed E-state index contributed by atoms with van der Waals surface area (Å²) in [5.74, 6) is 0.675. The first-order valence-electron chi connectivity index (χ1n) is 6.70. The number of amidine groups is 2. The van der Waals surface area contributed by atoms with Gasteiger partial charge < -0.3 is 5.32 Å². The number of nitrogens with one attached hydrogen (secondary N) is 3. The molecule has 0 radical (unpaired) electrons. The molecule has 3 heteroatoms. The van der Waals surface area contributed by atoms with Gasteiger partial charge >= 0.3 is 0 Å². The van der Waals surface area contributed by atoms with Crippen molar-refractivity contribution in [2.75, 3.05) is 0 Å². The van der Waals surface area contributed by atoms with Crippen LogP contribution in [0.2, 0.25) is 0 Å². The van der Waals surface area contributed by atoms with Gasteiger partial charge in [0, 0.05) is 11.1 Å². The normalized spacial score (nSPS) is 15.4. The van der Waals surface area contributed by atoms with Gasteiger partial charge in [0.15, 0.2) is 0 Å². The molecule has 0 aliphatic carbocycles. The minimum Gasteiger partial charge on any atom is -0.325 e. The Morgan fingerprint density at radius 1 is 0.947 bits per heavy atom. The van der Waals surface area contributed by atoms with E-state index in [1.54, 1.807) is 0 Å². The molecule has 0 saturated heterocycles. The number of hydrogen-bond acceptors (Lipinski definition) is 2. The molecular weight excluding hydrogens is 234 g/mol. The Hall–Kier alpha value is -1.64. The van der Waals surface area contributed by atoms with Crippen molar-refractivity contribution >= 4 is 11.7 Å². The predicted molar refractivity (Wildman–Crippen MR) is 80.3 cm³/mol. The maximum Gasteiger partial charge on any atom is 0.131 e. The second-order valence-corrected chi connectivity index (χ2v) is 7.26. The molecule has 0 atom stereocenters. The van der Waals surface area contributed by atoms with E-state index < -0.39 is 0 Å². The monoisotopic (exact) mass is 257 g/mol. The minimum absolute atomic E-state index is 0.0678. The Morgan fingerprint density at radius 3 is 2.11 bits per heavy atom. The lowest BCUT2D eigenvalue weighted by molar-refractivity contribution is 0.284. The van der Waals surface area contributed by atoms with Crippen molar-refractivity contribution in [3.8, 4) is 0 Å². The first-order chi connectivity index (χ1) is 8.60. The van der Waals surface area contributed by atoms with Crippen LogP contribution in [-0.4, -0.2) is 11.7 Å². The molecule has 1 aliphatic rings. The van der Waals surface area contributed by atoms with Crippen LogP contribution < -0.4 is 5.32 Å². The van der Waals surface area contributed by atoms with Crippen LogP contribution >= 0.6 is 0 Å². The SMILES string of the molecule is CC(C)(C)CC(C)(C)c1ccc2c(c1)C(=N)NC2=N. The molecule has 0 spiro atoms. The highest BCUT2D eigenvalue weighted by Crippen LogP contribution is 2.37. The van der Waals surface area contributed by atoms with Crippen LogP contribution in [0.3, 0.4) is 0 Å². The third-order valence-corrected chi connectivity index (χ3v) is 3.56. The van der Waals surface area contributed by atoms with Gasteiger partial charge in [0.2, 0.25) is 0 Å². The fourth-order valence-electron chi connectivity index (χ4n) is 3.08. The van der Waals surface area contributed by atoms with Crippen molar-refractivity contribution < 1.29 is 0 Å². The summed E-state index contributed by atoms with van der Waals surface area (Å²) in [5, 5.41) is 18.4. The molecule has 1 heterocycles. The zero-order valence-corrected chi connectivity index (χ0v) is 12.4. The van der Waals surface area contributed by atoms with Crippen LogP contribution in [-0.2, 0) is 5.41 Å². The van der Waals surface area contributed by atoms with Crippen molar-refractivity contribution in [1.82, 2.24) is 5.32 Å². The van der Waals surface area contributed by atoms with Gasteiger partial charge in [-0.05, 0) is 28.9 Å². The molecule has 1 aromatic rings. The third-order valence-electron chi connectivity index (χ3n) is 3.56. The molecule has 3 N–H and O–H groups in total. The van der Waals surface area contributed by atoms with Crippen LogP contribution in [0.1, 0.15) is 57.7 Å². The highest BCUT2D eigenvalue weighted by Gasteiger charge is 2.29. The average molecular weight is 257 g/mol. The zero-order chi connectivity index (χ0) is 14.4. The quantitative estimate of drug-likeness (QED) is 0.744. The van der Waals surface area contributed by atoms with Crippen LogP contribution in [0.25, 0.3) is 0 Å². The summed E-state index contributed by atoms with van der Waals surface area (Å²) in [7, 11) is 0. The molecule has 3 nitrogen and oxygen atoms in total. The fourth-order valence-corrected chi connectivity index (χ4v) is 3.08. The molecule has 0 unspecified atom stereocenters. The molecule has 0 amide bonds. The Kier molecular flexibility index (Phi) is 3.04. The second-order valence-electron chi connectivity index (χ2n) is 7.26. The molecular formula is C16H23N3. The lowest BCUT2D eigenvalue weighted by Gasteiger charge is -2.33. The number of rotatable bonds is 2. The summed E-state index contributed by atoms with van der Waals surface area (Å²) in [6.07, 6.45) is 1.08. The highest BCUT2D eigenvalue weighted by atomic mass is 15.0. The van der Waals surface area contributed by atoms with E-state index in [4.69, 9.17) is 10.8 Å². The van der Waals surface area contributed by atoms with E-state index in [1.807, 2.05) is 6.07 Å². The second kappa shape index (κ2) is 4.19. The van der Waals surface area contributed by atoms with Gasteiger partial charge in [-0.1, -0.05) is 46.8 Å². The standard InChI is InChI=1S/C16H23N3/c1-15(2,3)9-16(4,5)10-6-7-11-12(8-10)14(18)19-13(11)17/h6-8H,9H2,1-5H3,(H3,17,18,19). The number of fused-ring (bicyclic) bond motifs is 1. The van der Waals surface area contributed by atoms with Crippen molar-refractivity contribution in [2.24, 2.45) is 5.41 Å². The average Bonchev–Trinajstić information content (AvgIpc) is 2.51. The van der Waals surface area contributed by atoms with E-state index >= 15 is 0 Å². The summed E-state index contributed by atoms with van der Waals surface area (Å²) >= 11 is 0. The van der Waals surface area contributed by atoms with Gasteiger partial charge in [0.1, 0.15) is 11.7 Å².